The minimum absolute atomic E-state index is 0.0590. The van der Waals surface area contributed by atoms with Crippen molar-refractivity contribution >= 4 is 28.4 Å². The van der Waals surface area contributed by atoms with Crippen LogP contribution in [0, 0.1) is 11.7 Å². The van der Waals surface area contributed by atoms with Gasteiger partial charge in [0.15, 0.2) is 23.1 Å². The number of alkyl halides is 6. The molecule has 4 aromatic rings. The van der Waals surface area contributed by atoms with Gasteiger partial charge in [0.1, 0.15) is 5.75 Å². The van der Waals surface area contributed by atoms with Crippen LogP contribution in [0.15, 0.2) is 60.8 Å². The number of nitrogens with zero attached hydrogens (tertiary/aromatic N) is 1. The molecule has 0 radical (unpaired) electrons. The summed E-state index contributed by atoms with van der Waals surface area (Å²) in [7, 11) is 1.48. The number of benzene rings is 3. The first-order valence-corrected chi connectivity index (χ1v) is 14.9. The summed E-state index contributed by atoms with van der Waals surface area (Å²) in [6.45, 7) is 1.54. The van der Waals surface area contributed by atoms with Gasteiger partial charge in [0.2, 0.25) is 0 Å². The number of piperidine rings is 1. The molecule has 1 saturated heterocycles. The van der Waals surface area contributed by atoms with Crippen LogP contribution in [0.4, 0.5) is 36.4 Å². The summed E-state index contributed by atoms with van der Waals surface area (Å²) in [4.78, 5) is 29.0. The Bertz CT molecular complexity index is 1810. The van der Waals surface area contributed by atoms with Crippen LogP contribution in [0.25, 0.3) is 10.9 Å². The molecule has 0 saturated carbocycles. The van der Waals surface area contributed by atoms with E-state index in [2.05, 4.69) is 15.6 Å². The number of hydrogen-bond acceptors (Lipinski definition) is 7. The van der Waals surface area contributed by atoms with Gasteiger partial charge in [-0.1, -0.05) is 0 Å². The third-order valence-corrected chi connectivity index (χ3v) is 7.64. The Morgan fingerprint density at radius 3 is 2.18 bits per heavy atom. The van der Waals surface area contributed by atoms with Gasteiger partial charge in [-0.25, -0.2) is 4.39 Å². The van der Waals surface area contributed by atoms with E-state index in [1.54, 1.807) is 12.1 Å². The molecule has 0 unspecified atom stereocenters. The van der Waals surface area contributed by atoms with Crippen LogP contribution in [0.2, 0.25) is 0 Å². The zero-order valence-corrected chi connectivity index (χ0v) is 25.7. The number of hydrogen-bond donors (Lipinski definition) is 3. The fourth-order valence-corrected chi connectivity index (χ4v) is 5.10. The van der Waals surface area contributed by atoms with Crippen LogP contribution in [0.1, 0.15) is 29.5 Å². The molecule has 49 heavy (non-hydrogen) atoms. The molecular weight excluding hydrogens is 665 g/mol. The molecule has 0 aliphatic carbocycles. The minimum Gasteiger partial charge on any atom is -0.493 e. The summed E-state index contributed by atoms with van der Waals surface area (Å²) in [6, 6.07) is 8.93. The fraction of sp³-hybridized carbons (Fsp3) is 0.303. The van der Waals surface area contributed by atoms with E-state index in [-0.39, 0.29) is 23.3 Å². The topological polar surface area (TPSA) is 111 Å². The molecule has 0 bridgehead atoms. The van der Waals surface area contributed by atoms with Crippen molar-refractivity contribution in [2.45, 2.75) is 31.7 Å². The number of amides is 2. The second-order valence-electron chi connectivity index (χ2n) is 11.1. The van der Waals surface area contributed by atoms with E-state index in [1.165, 1.54) is 31.5 Å². The van der Waals surface area contributed by atoms with Crippen molar-refractivity contribution in [3.8, 4) is 23.0 Å². The number of fused-ring (bicyclic) bond motifs is 1. The maximum Gasteiger partial charge on any atom is 0.416 e. The predicted octanol–water partition coefficient (Wildman–Crippen LogP) is 6.85. The van der Waals surface area contributed by atoms with Crippen molar-refractivity contribution in [1.29, 1.82) is 0 Å². The number of carbonyl (C=O) groups is 2. The molecule has 1 fully saturated rings. The summed E-state index contributed by atoms with van der Waals surface area (Å²) >= 11 is 0. The Labute approximate surface area is 274 Å². The molecule has 2 heterocycles. The van der Waals surface area contributed by atoms with Gasteiger partial charge < -0.3 is 30.2 Å². The zero-order valence-electron chi connectivity index (χ0n) is 25.7. The van der Waals surface area contributed by atoms with Gasteiger partial charge in [0, 0.05) is 35.9 Å². The molecule has 1 aliphatic rings. The van der Waals surface area contributed by atoms with Crippen molar-refractivity contribution in [2.75, 3.05) is 32.1 Å². The molecular formula is C33H29F7N4O5. The lowest BCUT2D eigenvalue weighted by atomic mass is 9.99. The van der Waals surface area contributed by atoms with Gasteiger partial charge in [-0.2, -0.15) is 26.3 Å². The number of anilines is 1. The van der Waals surface area contributed by atoms with Crippen LogP contribution in [0.3, 0.4) is 0 Å². The lowest BCUT2D eigenvalue weighted by Gasteiger charge is -2.23. The van der Waals surface area contributed by atoms with Crippen molar-refractivity contribution in [3.63, 3.8) is 0 Å². The number of methoxy groups -OCH3 is 1. The van der Waals surface area contributed by atoms with E-state index in [9.17, 15) is 35.9 Å². The highest BCUT2D eigenvalue weighted by Crippen LogP contribution is 2.39. The summed E-state index contributed by atoms with van der Waals surface area (Å²) in [5, 5.41) is 7.87. The first kappa shape index (κ1) is 35.2. The molecule has 0 atom stereocenters. The Balaban J connectivity index is 1.24. The monoisotopic (exact) mass is 694 g/mol. The number of rotatable bonds is 9. The van der Waals surface area contributed by atoms with E-state index in [0.717, 1.165) is 32.0 Å². The molecule has 9 nitrogen and oxygen atoms in total. The summed E-state index contributed by atoms with van der Waals surface area (Å²) in [5.74, 6) is -2.37. The van der Waals surface area contributed by atoms with Gasteiger partial charge in [-0.3, -0.25) is 14.6 Å². The summed E-state index contributed by atoms with van der Waals surface area (Å²) < 4.78 is 111. The van der Waals surface area contributed by atoms with Crippen LogP contribution in [-0.2, 0) is 28.5 Å². The Morgan fingerprint density at radius 2 is 1.55 bits per heavy atom. The van der Waals surface area contributed by atoms with Gasteiger partial charge in [-0.05, 0) is 79.9 Å². The van der Waals surface area contributed by atoms with E-state index >= 15 is 4.39 Å². The average molecular weight is 695 g/mol. The van der Waals surface area contributed by atoms with Crippen LogP contribution in [0.5, 0.6) is 23.0 Å². The highest BCUT2D eigenvalue weighted by Gasteiger charge is 2.37. The molecule has 3 N–H and O–H groups in total. The SMILES string of the molecule is COc1cc2c(Oc3ccc(NC(=O)C(=O)NCc4cc(C(F)(F)F)cc(C(F)(F)F)c4)cc3F)ccnc2cc1OCC1CCNCC1. The molecule has 0 spiro atoms. The highest BCUT2D eigenvalue weighted by atomic mass is 19.4. The molecule has 2 amide bonds. The standard InChI is InChI=1S/C33H29F7N4O5/c1-47-28-14-23-25(15-29(28)48-17-18-4-7-41-8-5-18)42-9-6-26(23)49-27-3-2-22(13-24(27)34)44-31(46)30(45)43-16-19-10-20(32(35,36)37)12-21(11-19)33(38,39)40/h2-3,6,9-15,18,41H,4-5,7-8,16-17H2,1H3,(H,43,45)(H,44,46). The lowest BCUT2D eigenvalue weighted by Crippen LogP contribution is -2.35. The first-order chi connectivity index (χ1) is 23.2. The number of pyridine rings is 1. The van der Waals surface area contributed by atoms with E-state index in [4.69, 9.17) is 14.2 Å². The lowest BCUT2D eigenvalue weighted by molar-refractivity contribution is -0.143. The van der Waals surface area contributed by atoms with Crippen LogP contribution in [-0.4, -0.2) is 43.6 Å². The predicted molar refractivity (Wildman–Crippen MR) is 163 cm³/mol. The minimum atomic E-state index is -5.08. The third-order valence-electron chi connectivity index (χ3n) is 7.64. The normalized spacial score (nSPS) is 14.0. The van der Waals surface area contributed by atoms with Crippen molar-refractivity contribution < 1.29 is 54.5 Å². The van der Waals surface area contributed by atoms with Crippen molar-refractivity contribution in [2.24, 2.45) is 5.92 Å². The van der Waals surface area contributed by atoms with Gasteiger partial charge >= 0.3 is 24.2 Å². The largest absolute Gasteiger partial charge is 0.493 e. The summed E-state index contributed by atoms with van der Waals surface area (Å²) in [6.07, 6.45) is -6.72. The van der Waals surface area contributed by atoms with Crippen LogP contribution >= 0.6 is 0 Å². The maximum atomic E-state index is 15.1. The quantitative estimate of drug-likeness (QED) is 0.130. The maximum absolute atomic E-state index is 15.1. The number of aromatic nitrogens is 1. The van der Waals surface area contributed by atoms with Gasteiger partial charge in [0.05, 0.1) is 30.4 Å². The number of nitrogens with one attached hydrogen (secondary N) is 3. The molecule has 1 aliphatic heterocycles. The molecule has 3 aromatic carbocycles. The van der Waals surface area contributed by atoms with E-state index in [0.29, 0.717) is 47.1 Å². The third kappa shape index (κ3) is 8.87. The summed E-state index contributed by atoms with van der Waals surface area (Å²) in [5.41, 5.74) is -3.38. The molecule has 260 valence electrons. The molecule has 1 aromatic heterocycles. The fourth-order valence-electron chi connectivity index (χ4n) is 5.10. The van der Waals surface area contributed by atoms with Gasteiger partial charge in [0.25, 0.3) is 0 Å². The number of halogens is 7. The smallest absolute Gasteiger partial charge is 0.416 e. The Morgan fingerprint density at radius 1 is 0.857 bits per heavy atom. The average Bonchev–Trinajstić information content (AvgIpc) is 3.06. The Kier molecular flexibility index (Phi) is 10.5. The first-order valence-electron chi connectivity index (χ1n) is 14.9. The van der Waals surface area contributed by atoms with Crippen molar-refractivity contribution in [3.05, 3.63) is 83.3 Å². The number of carbonyl (C=O) groups excluding carboxylic acids is 2. The highest BCUT2D eigenvalue weighted by molar-refractivity contribution is 6.39. The Hall–Kier alpha value is -5.12. The molecule has 5 rings (SSSR count). The second-order valence-corrected chi connectivity index (χ2v) is 11.1. The van der Waals surface area contributed by atoms with Gasteiger partial charge in [-0.15, -0.1) is 0 Å². The van der Waals surface area contributed by atoms with E-state index < -0.39 is 53.2 Å². The second kappa shape index (κ2) is 14.6. The van der Waals surface area contributed by atoms with E-state index in [1.807, 2.05) is 5.32 Å². The number of ether oxygens (including phenoxy) is 3. The van der Waals surface area contributed by atoms with Crippen molar-refractivity contribution in [1.82, 2.24) is 15.6 Å². The molecule has 16 heteroatoms. The zero-order chi connectivity index (χ0) is 35.3. The van der Waals surface area contributed by atoms with Crippen LogP contribution < -0.4 is 30.2 Å².